The first-order chi connectivity index (χ1) is 5.74. The molecule has 0 aromatic carbocycles. The summed E-state index contributed by atoms with van der Waals surface area (Å²) in [5, 5.41) is 0. The molecule has 4 nitrogen and oxygen atoms in total. The Morgan fingerprint density at radius 3 is 3.17 bits per heavy atom. The predicted molar refractivity (Wildman–Crippen MR) is 42.1 cm³/mol. The molecule has 0 amide bonds. The van der Waals surface area contributed by atoms with E-state index in [1.54, 1.807) is 0 Å². The minimum absolute atomic E-state index is 0.0181. The summed E-state index contributed by atoms with van der Waals surface area (Å²) in [5.74, 6) is -0.802. The van der Waals surface area contributed by atoms with Gasteiger partial charge in [-0.3, -0.25) is 0 Å². The molecular formula is C7H8FN3O. The number of rotatable bonds is 3. The van der Waals surface area contributed by atoms with Crippen LogP contribution in [-0.2, 0) is 0 Å². The van der Waals surface area contributed by atoms with Crippen LogP contribution in [0.3, 0.4) is 0 Å². The molecule has 5 heteroatoms. The number of anilines is 1. The third-order valence-electron chi connectivity index (χ3n) is 1.07. The fourth-order valence-electron chi connectivity index (χ4n) is 0.603. The molecule has 2 N–H and O–H groups in total. The predicted octanol–water partition coefficient (Wildman–Crippen LogP) is 0.763. The van der Waals surface area contributed by atoms with E-state index >= 15 is 0 Å². The lowest BCUT2D eigenvalue weighted by Gasteiger charge is -2.02. The van der Waals surface area contributed by atoms with Crippen LogP contribution in [0.2, 0.25) is 0 Å². The van der Waals surface area contributed by atoms with Gasteiger partial charge in [-0.15, -0.1) is 0 Å². The van der Waals surface area contributed by atoms with Gasteiger partial charge in [0.25, 0.3) is 5.88 Å². The molecule has 1 heterocycles. The number of nitrogen functional groups attached to an aromatic ring is 1. The second-order valence-corrected chi connectivity index (χ2v) is 1.98. The largest absolute Gasteiger partial charge is 0.471 e. The van der Waals surface area contributed by atoms with Gasteiger partial charge in [0.05, 0.1) is 6.20 Å². The highest BCUT2D eigenvalue weighted by Crippen LogP contribution is 2.12. The lowest BCUT2D eigenvalue weighted by Crippen LogP contribution is -2.02. The van der Waals surface area contributed by atoms with Crippen LogP contribution in [0.1, 0.15) is 0 Å². The smallest absolute Gasteiger partial charge is 0.255 e. The average molecular weight is 169 g/mol. The van der Waals surface area contributed by atoms with Gasteiger partial charge in [-0.2, -0.15) is 9.37 Å². The molecule has 0 aliphatic heterocycles. The second-order valence-electron chi connectivity index (χ2n) is 1.98. The van der Waals surface area contributed by atoms with Crippen LogP contribution in [0.25, 0.3) is 0 Å². The molecule has 12 heavy (non-hydrogen) atoms. The number of aromatic nitrogens is 2. The number of nitrogens with two attached hydrogens (primary N) is 1. The van der Waals surface area contributed by atoms with Gasteiger partial charge in [0, 0.05) is 0 Å². The van der Waals surface area contributed by atoms with Crippen LogP contribution in [0.15, 0.2) is 18.9 Å². The molecule has 0 aliphatic carbocycles. The molecule has 0 saturated heterocycles. The molecule has 0 spiro atoms. The summed E-state index contributed by atoms with van der Waals surface area (Å²) in [6, 6.07) is 0. The van der Waals surface area contributed by atoms with Crippen molar-refractivity contribution in [3.8, 4) is 5.88 Å². The van der Waals surface area contributed by atoms with E-state index in [-0.39, 0.29) is 18.4 Å². The molecule has 0 aliphatic rings. The van der Waals surface area contributed by atoms with E-state index in [0.717, 1.165) is 6.20 Å². The monoisotopic (exact) mass is 169 g/mol. The Balaban J connectivity index is 2.82. The zero-order valence-corrected chi connectivity index (χ0v) is 6.33. The maximum Gasteiger partial charge on any atom is 0.255 e. The van der Waals surface area contributed by atoms with Gasteiger partial charge < -0.3 is 10.5 Å². The van der Waals surface area contributed by atoms with E-state index in [1.807, 2.05) is 0 Å². The van der Waals surface area contributed by atoms with Gasteiger partial charge in [-0.1, -0.05) is 12.7 Å². The molecule has 1 aromatic heterocycles. The van der Waals surface area contributed by atoms with Gasteiger partial charge in [0.2, 0.25) is 11.8 Å². The van der Waals surface area contributed by atoms with Crippen molar-refractivity contribution >= 4 is 5.95 Å². The summed E-state index contributed by atoms with van der Waals surface area (Å²) in [5.41, 5.74) is 5.20. The Hall–Kier alpha value is -1.65. The van der Waals surface area contributed by atoms with Crippen molar-refractivity contribution in [2.45, 2.75) is 0 Å². The van der Waals surface area contributed by atoms with Gasteiger partial charge in [-0.05, 0) is 0 Å². The van der Waals surface area contributed by atoms with E-state index in [9.17, 15) is 4.39 Å². The fraction of sp³-hybridized carbons (Fsp3) is 0.143. The second kappa shape index (κ2) is 3.66. The van der Waals surface area contributed by atoms with Crippen molar-refractivity contribution < 1.29 is 9.13 Å². The lowest BCUT2D eigenvalue weighted by atomic mass is 10.6. The van der Waals surface area contributed by atoms with E-state index in [0.29, 0.717) is 0 Å². The van der Waals surface area contributed by atoms with Gasteiger partial charge in [0.15, 0.2) is 0 Å². The summed E-state index contributed by atoms with van der Waals surface area (Å²) in [6.45, 7) is 3.59. The van der Waals surface area contributed by atoms with Crippen LogP contribution in [0, 0.1) is 5.82 Å². The number of ether oxygens (including phenoxy) is 1. The molecular weight excluding hydrogens is 161 g/mol. The number of hydrogen-bond acceptors (Lipinski definition) is 4. The number of halogens is 1. The Morgan fingerprint density at radius 2 is 2.50 bits per heavy atom. The number of hydrogen-bond donors (Lipinski definition) is 1. The fourth-order valence-corrected chi connectivity index (χ4v) is 0.603. The van der Waals surface area contributed by atoms with Crippen LogP contribution in [0.5, 0.6) is 5.88 Å². The Labute approximate surface area is 68.9 Å². The van der Waals surface area contributed by atoms with Crippen molar-refractivity contribution in [3.05, 3.63) is 24.7 Å². The summed E-state index contributed by atoms with van der Waals surface area (Å²) >= 11 is 0. The molecule has 0 saturated carbocycles. The summed E-state index contributed by atoms with van der Waals surface area (Å²) in [7, 11) is 0. The topological polar surface area (TPSA) is 61.0 Å². The SMILES string of the molecule is C=CCOc1nc(N)ncc1F. The first kappa shape index (κ1) is 8.45. The highest BCUT2D eigenvalue weighted by molar-refractivity contribution is 5.22. The van der Waals surface area contributed by atoms with Crippen molar-refractivity contribution in [1.82, 2.24) is 9.97 Å². The van der Waals surface area contributed by atoms with E-state index in [4.69, 9.17) is 10.5 Å². The molecule has 64 valence electrons. The van der Waals surface area contributed by atoms with E-state index in [1.165, 1.54) is 6.08 Å². The van der Waals surface area contributed by atoms with Crippen LogP contribution in [-0.4, -0.2) is 16.6 Å². The maximum absolute atomic E-state index is 12.8. The van der Waals surface area contributed by atoms with Crippen molar-refractivity contribution in [3.63, 3.8) is 0 Å². The molecule has 0 radical (unpaired) electrons. The third-order valence-corrected chi connectivity index (χ3v) is 1.07. The lowest BCUT2D eigenvalue weighted by molar-refractivity contribution is 0.326. The first-order valence-electron chi connectivity index (χ1n) is 3.25. The van der Waals surface area contributed by atoms with E-state index < -0.39 is 5.82 Å². The molecule has 0 fully saturated rings. The van der Waals surface area contributed by atoms with Crippen LogP contribution < -0.4 is 10.5 Å². The quantitative estimate of drug-likeness (QED) is 0.678. The Morgan fingerprint density at radius 1 is 1.75 bits per heavy atom. The highest BCUT2D eigenvalue weighted by Gasteiger charge is 2.04. The van der Waals surface area contributed by atoms with Gasteiger partial charge >= 0.3 is 0 Å². The first-order valence-corrected chi connectivity index (χ1v) is 3.25. The average Bonchev–Trinajstić information content (AvgIpc) is 2.07. The maximum atomic E-state index is 12.8. The minimum Gasteiger partial charge on any atom is -0.471 e. The Kier molecular flexibility index (Phi) is 2.57. The van der Waals surface area contributed by atoms with Gasteiger partial charge in [-0.25, -0.2) is 4.98 Å². The van der Waals surface area contributed by atoms with Crippen molar-refractivity contribution in [1.29, 1.82) is 0 Å². The summed E-state index contributed by atoms with van der Waals surface area (Å²) < 4.78 is 17.6. The van der Waals surface area contributed by atoms with Crippen LogP contribution >= 0.6 is 0 Å². The Bertz CT molecular complexity index is 290. The normalized spacial score (nSPS) is 9.42. The standard InChI is InChI=1S/C7H8FN3O/c1-2-3-12-6-5(8)4-10-7(9)11-6/h2,4H,1,3H2,(H2,9,10,11). The minimum atomic E-state index is -0.633. The number of nitrogens with zero attached hydrogens (tertiary/aromatic N) is 2. The van der Waals surface area contributed by atoms with E-state index in [2.05, 4.69) is 16.5 Å². The van der Waals surface area contributed by atoms with Gasteiger partial charge in [0.1, 0.15) is 6.61 Å². The zero-order valence-electron chi connectivity index (χ0n) is 6.33. The molecule has 0 unspecified atom stereocenters. The summed E-state index contributed by atoms with van der Waals surface area (Å²) in [4.78, 5) is 6.97. The highest BCUT2D eigenvalue weighted by atomic mass is 19.1. The molecule has 1 aromatic rings. The van der Waals surface area contributed by atoms with Crippen molar-refractivity contribution in [2.24, 2.45) is 0 Å². The molecule has 0 bridgehead atoms. The third kappa shape index (κ3) is 1.91. The summed E-state index contributed by atoms with van der Waals surface area (Å²) in [6.07, 6.45) is 2.44. The van der Waals surface area contributed by atoms with Crippen LogP contribution in [0.4, 0.5) is 10.3 Å². The van der Waals surface area contributed by atoms with Crippen molar-refractivity contribution in [2.75, 3.05) is 12.3 Å². The molecule has 1 rings (SSSR count). The zero-order chi connectivity index (χ0) is 8.97. The molecule has 0 atom stereocenters.